The van der Waals surface area contributed by atoms with Gasteiger partial charge in [-0.1, -0.05) is 48.5 Å². The number of nitrogens with zero attached hydrogens (tertiary/aromatic N) is 1. The molecule has 9 nitrogen and oxygen atoms in total. The first-order valence-corrected chi connectivity index (χ1v) is 11.2. The first kappa shape index (κ1) is 22.9. The largest absolute Gasteiger partial charge is 0.459 e. The van der Waals surface area contributed by atoms with Crippen molar-refractivity contribution in [3.63, 3.8) is 0 Å². The van der Waals surface area contributed by atoms with Gasteiger partial charge in [0, 0.05) is 0 Å². The summed E-state index contributed by atoms with van der Waals surface area (Å²) in [5.41, 5.74) is 2.99. The van der Waals surface area contributed by atoms with Gasteiger partial charge in [0.15, 0.2) is 0 Å². The second-order valence-corrected chi connectivity index (χ2v) is 8.51. The number of benzene rings is 2. The smallest absolute Gasteiger partial charge is 0.329 e. The molecule has 0 fully saturated rings. The topological polar surface area (TPSA) is 130 Å². The lowest BCUT2D eigenvalue weighted by Gasteiger charge is -2.13. The third-order valence-electron chi connectivity index (χ3n) is 4.38. The van der Waals surface area contributed by atoms with Crippen molar-refractivity contribution in [3.05, 3.63) is 89.9 Å². The maximum Gasteiger partial charge on any atom is 0.329 e. The Balaban J connectivity index is 1.48. The molecule has 0 spiro atoms. The maximum absolute atomic E-state index is 12.2. The predicted octanol–water partition coefficient (Wildman–Crippen LogP) is 2.09. The molecule has 32 heavy (non-hydrogen) atoms. The Bertz CT molecular complexity index is 1190. The van der Waals surface area contributed by atoms with Crippen LogP contribution in [0.4, 0.5) is 0 Å². The van der Waals surface area contributed by atoms with E-state index in [0.29, 0.717) is 5.76 Å². The summed E-state index contributed by atoms with van der Waals surface area (Å²) in [7, 11) is -3.66. The fourth-order valence-corrected chi connectivity index (χ4v) is 3.71. The van der Waals surface area contributed by atoms with Gasteiger partial charge in [0.1, 0.15) is 11.5 Å². The quantitative estimate of drug-likeness (QED) is 0.273. The lowest BCUT2D eigenvalue weighted by atomic mass is 10.1. The molecule has 0 aliphatic carbocycles. The zero-order valence-electron chi connectivity index (χ0n) is 17.2. The van der Waals surface area contributed by atoms with Crippen molar-refractivity contribution in [1.29, 1.82) is 0 Å². The van der Waals surface area contributed by atoms with E-state index in [-0.39, 0.29) is 23.2 Å². The van der Waals surface area contributed by atoms with Crippen LogP contribution in [-0.4, -0.2) is 26.4 Å². The molecule has 0 radical (unpaired) electrons. The van der Waals surface area contributed by atoms with Crippen molar-refractivity contribution in [1.82, 2.24) is 15.5 Å². The van der Waals surface area contributed by atoms with Crippen LogP contribution in [0, 0.1) is 0 Å². The van der Waals surface area contributed by atoms with Crippen molar-refractivity contribution in [3.8, 4) is 0 Å². The molecule has 2 amide bonds. The van der Waals surface area contributed by atoms with E-state index in [0.717, 1.165) is 5.56 Å². The highest BCUT2D eigenvalue weighted by molar-refractivity contribution is 7.89. The van der Waals surface area contributed by atoms with Crippen LogP contribution in [0.25, 0.3) is 0 Å². The van der Waals surface area contributed by atoms with E-state index in [4.69, 9.17) is 4.42 Å². The summed E-state index contributed by atoms with van der Waals surface area (Å²) in [6.45, 7) is 1.71. The van der Waals surface area contributed by atoms with Gasteiger partial charge >= 0.3 is 11.8 Å². The molecule has 3 rings (SSSR count). The first-order chi connectivity index (χ1) is 15.3. The monoisotopic (exact) mass is 454 g/mol. The van der Waals surface area contributed by atoms with Gasteiger partial charge in [-0.25, -0.2) is 18.6 Å². The third-order valence-corrected chi connectivity index (χ3v) is 5.80. The molecule has 3 N–H and O–H groups in total. The molecule has 1 atom stereocenters. The van der Waals surface area contributed by atoms with Crippen LogP contribution in [0.1, 0.15) is 30.0 Å². The van der Waals surface area contributed by atoms with Gasteiger partial charge in [-0.05, 0) is 36.8 Å². The summed E-state index contributed by atoms with van der Waals surface area (Å²) >= 11 is 0. The second-order valence-electron chi connectivity index (χ2n) is 6.75. The van der Waals surface area contributed by atoms with Crippen molar-refractivity contribution >= 4 is 28.1 Å². The van der Waals surface area contributed by atoms with Crippen LogP contribution in [0.15, 0.2) is 87.2 Å². The van der Waals surface area contributed by atoms with Crippen LogP contribution in [0.5, 0.6) is 0 Å². The third kappa shape index (κ3) is 6.37. The molecule has 0 aliphatic heterocycles. The zero-order chi connectivity index (χ0) is 23.0. The Morgan fingerprint density at radius 2 is 1.62 bits per heavy atom. The van der Waals surface area contributed by atoms with Gasteiger partial charge in [-0.3, -0.25) is 9.59 Å². The van der Waals surface area contributed by atoms with Gasteiger partial charge in [-0.2, -0.15) is 5.10 Å². The molecule has 3 aromatic rings. The van der Waals surface area contributed by atoms with E-state index in [1.54, 1.807) is 37.3 Å². The highest BCUT2D eigenvalue weighted by Gasteiger charge is 2.16. The molecule has 1 aromatic heterocycles. The summed E-state index contributed by atoms with van der Waals surface area (Å²) in [4.78, 5) is 24.0. The lowest BCUT2D eigenvalue weighted by molar-refractivity contribution is -0.139. The van der Waals surface area contributed by atoms with Crippen LogP contribution >= 0.6 is 0 Å². The molecule has 0 aliphatic rings. The Labute approximate surface area is 185 Å². The molecule has 2 aromatic carbocycles. The van der Waals surface area contributed by atoms with Crippen LogP contribution < -0.4 is 15.5 Å². The average molecular weight is 455 g/mol. The first-order valence-electron chi connectivity index (χ1n) is 9.67. The molecule has 0 bridgehead atoms. The minimum Gasteiger partial charge on any atom is -0.459 e. The minimum atomic E-state index is -3.66. The number of nitrogens with one attached hydrogen (secondary N) is 3. The predicted molar refractivity (Wildman–Crippen MR) is 118 cm³/mol. The van der Waals surface area contributed by atoms with E-state index in [2.05, 4.69) is 20.6 Å². The number of hydrogen-bond acceptors (Lipinski definition) is 6. The fraction of sp³-hybridized carbons (Fsp3) is 0.136. The highest BCUT2D eigenvalue weighted by atomic mass is 32.2. The average Bonchev–Trinajstić information content (AvgIpc) is 3.26. The van der Waals surface area contributed by atoms with Crippen molar-refractivity contribution in [2.24, 2.45) is 5.10 Å². The summed E-state index contributed by atoms with van der Waals surface area (Å²) in [6.07, 6.45) is 1.21. The SMILES string of the molecule is C[C@@H](NC(=O)C(=O)N/N=C/c1ccc(CNS(=O)(=O)c2ccccc2)o1)c1ccccc1. The van der Waals surface area contributed by atoms with Crippen LogP contribution in [0.3, 0.4) is 0 Å². The molecule has 0 unspecified atom stereocenters. The Hall–Kier alpha value is -3.76. The van der Waals surface area contributed by atoms with Gasteiger partial charge in [0.2, 0.25) is 10.0 Å². The van der Waals surface area contributed by atoms with Crippen LogP contribution in [-0.2, 0) is 26.2 Å². The highest BCUT2D eigenvalue weighted by Crippen LogP contribution is 2.11. The van der Waals surface area contributed by atoms with Crippen molar-refractivity contribution < 1.29 is 22.4 Å². The van der Waals surface area contributed by atoms with Crippen molar-refractivity contribution in [2.45, 2.75) is 24.4 Å². The van der Waals surface area contributed by atoms with E-state index < -0.39 is 21.8 Å². The molecule has 166 valence electrons. The second kappa shape index (κ2) is 10.5. The number of amides is 2. The van der Waals surface area contributed by atoms with Gasteiger partial charge in [0.05, 0.1) is 23.7 Å². The number of hydrogen-bond donors (Lipinski definition) is 3. The Morgan fingerprint density at radius 1 is 0.969 bits per heavy atom. The molecule has 1 heterocycles. The number of sulfonamides is 1. The van der Waals surface area contributed by atoms with Crippen molar-refractivity contribution in [2.75, 3.05) is 0 Å². The number of carbonyl (C=O) groups is 2. The zero-order valence-corrected chi connectivity index (χ0v) is 18.0. The van der Waals surface area contributed by atoms with Gasteiger partial charge < -0.3 is 9.73 Å². The summed E-state index contributed by atoms with van der Waals surface area (Å²) in [5.74, 6) is -1.12. The number of furan rings is 1. The lowest BCUT2D eigenvalue weighted by Crippen LogP contribution is -2.39. The maximum atomic E-state index is 12.2. The summed E-state index contributed by atoms with van der Waals surface area (Å²) < 4.78 is 32.3. The molecule has 0 saturated carbocycles. The standard InChI is InChI=1S/C22H22N4O5S/c1-16(17-8-4-2-5-9-17)25-21(27)22(28)26-23-14-18-12-13-19(31-18)15-24-32(29,30)20-10-6-3-7-11-20/h2-14,16,24H,15H2,1H3,(H,25,27)(H,26,28)/b23-14+/t16-/m1/s1. The number of carbonyl (C=O) groups excluding carboxylic acids is 2. The summed E-state index contributed by atoms with van der Waals surface area (Å²) in [6, 6.07) is 20.0. The van der Waals surface area contributed by atoms with E-state index >= 15 is 0 Å². The van der Waals surface area contributed by atoms with Gasteiger partial charge in [-0.15, -0.1) is 0 Å². The van der Waals surface area contributed by atoms with E-state index in [1.165, 1.54) is 18.3 Å². The Morgan fingerprint density at radius 3 is 2.31 bits per heavy atom. The minimum absolute atomic E-state index is 0.0583. The molecular weight excluding hydrogens is 432 g/mol. The van der Waals surface area contributed by atoms with E-state index in [9.17, 15) is 18.0 Å². The number of rotatable bonds is 8. The normalized spacial score (nSPS) is 12.4. The molecule has 10 heteroatoms. The summed E-state index contributed by atoms with van der Waals surface area (Å²) in [5, 5.41) is 6.27. The van der Waals surface area contributed by atoms with Gasteiger partial charge in [0.25, 0.3) is 0 Å². The van der Waals surface area contributed by atoms with E-state index in [1.807, 2.05) is 30.3 Å². The van der Waals surface area contributed by atoms with Crippen LogP contribution in [0.2, 0.25) is 0 Å². The fourth-order valence-electron chi connectivity index (χ4n) is 2.70. The number of hydrazone groups is 1. The molecule has 0 saturated heterocycles. The Kier molecular flexibility index (Phi) is 7.53. The molecular formula is C22H22N4O5S.